The molecule has 1 rings (SSSR count). The second-order valence-corrected chi connectivity index (χ2v) is 5.53. The van der Waals surface area contributed by atoms with E-state index in [2.05, 4.69) is 38.0 Å². The van der Waals surface area contributed by atoms with Crippen molar-refractivity contribution in [2.45, 2.75) is 58.5 Å². The number of hydrogen-bond donors (Lipinski definition) is 1. The van der Waals surface area contributed by atoms with Gasteiger partial charge in [-0.15, -0.1) is 0 Å². The molecule has 1 N–H and O–H groups in total. The fourth-order valence-electron chi connectivity index (χ4n) is 1.69. The molecule has 15 heavy (non-hydrogen) atoms. The van der Waals surface area contributed by atoms with Crippen LogP contribution < -0.4 is 5.32 Å². The van der Waals surface area contributed by atoms with Gasteiger partial charge in [0.2, 0.25) is 0 Å². The van der Waals surface area contributed by atoms with E-state index in [1.54, 1.807) is 0 Å². The maximum Gasteiger partial charge on any atom is 0.00759 e. The number of nitrogens with one attached hydrogen (secondary N) is 1. The van der Waals surface area contributed by atoms with E-state index >= 15 is 0 Å². The highest BCUT2D eigenvalue weighted by Gasteiger charge is 2.20. The van der Waals surface area contributed by atoms with Crippen molar-refractivity contribution in [3.63, 3.8) is 0 Å². The SMILES string of the molecule is CC(C)CCN(C)C(C)CCNC1CC1. The summed E-state index contributed by atoms with van der Waals surface area (Å²) in [5.74, 6) is 0.823. The van der Waals surface area contributed by atoms with Gasteiger partial charge >= 0.3 is 0 Å². The molecule has 0 heterocycles. The van der Waals surface area contributed by atoms with Crippen LogP contribution in [0.5, 0.6) is 0 Å². The molecule has 1 aliphatic carbocycles. The van der Waals surface area contributed by atoms with Gasteiger partial charge in [-0.05, 0) is 58.7 Å². The molecule has 0 saturated heterocycles. The molecule has 90 valence electrons. The van der Waals surface area contributed by atoms with Crippen LogP contribution in [0.2, 0.25) is 0 Å². The molecule has 1 aliphatic rings. The smallest absolute Gasteiger partial charge is 0.00759 e. The Bertz CT molecular complexity index is 164. The highest BCUT2D eigenvalue weighted by atomic mass is 15.1. The molecule has 0 aromatic carbocycles. The molecule has 0 radical (unpaired) electrons. The molecule has 0 spiro atoms. The first kappa shape index (κ1) is 13.0. The van der Waals surface area contributed by atoms with E-state index in [-0.39, 0.29) is 0 Å². The minimum Gasteiger partial charge on any atom is -0.314 e. The van der Waals surface area contributed by atoms with Crippen molar-refractivity contribution in [2.75, 3.05) is 20.1 Å². The summed E-state index contributed by atoms with van der Waals surface area (Å²) in [6, 6.07) is 1.58. The molecular weight excluding hydrogens is 184 g/mol. The van der Waals surface area contributed by atoms with Crippen LogP contribution >= 0.6 is 0 Å². The zero-order valence-corrected chi connectivity index (χ0v) is 10.9. The fraction of sp³-hybridized carbons (Fsp3) is 1.00. The third-order valence-electron chi connectivity index (χ3n) is 3.38. The van der Waals surface area contributed by atoms with E-state index in [0.717, 1.165) is 18.0 Å². The van der Waals surface area contributed by atoms with Gasteiger partial charge in [-0.25, -0.2) is 0 Å². The molecule has 0 aromatic rings. The second kappa shape index (κ2) is 6.49. The van der Waals surface area contributed by atoms with Gasteiger partial charge in [0.1, 0.15) is 0 Å². The molecule has 1 fully saturated rings. The Labute approximate surface area is 95.4 Å². The zero-order chi connectivity index (χ0) is 11.3. The number of rotatable bonds is 8. The largest absolute Gasteiger partial charge is 0.314 e. The Morgan fingerprint density at radius 1 is 1.20 bits per heavy atom. The maximum atomic E-state index is 3.58. The summed E-state index contributed by atoms with van der Waals surface area (Å²) in [4.78, 5) is 2.49. The van der Waals surface area contributed by atoms with Gasteiger partial charge in [0.15, 0.2) is 0 Å². The molecule has 0 amide bonds. The first-order valence-electron chi connectivity index (χ1n) is 6.53. The lowest BCUT2D eigenvalue weighted by molar-refractivity contribution is 0.231. The van der Waals surface area contributed by atoms with Crippen LogP contribution in [0.1, 0.15) is 46.5 Å². The summed E-state index contributed by atoms with van der Waals surface area (Å²) in [7, 11) is 2.25. The topological polar surface area (TPSA) is 15.3 Å². The lowest BCUT2D eigenvalue weighted by Crippen LogP contribution is -2.33. The molecular formula is C13H28N2. The van der Waals surface area contributed by atoms with Crippen LogP contribution in [0.15, 0.2) is 0 Å². The average molecular weight is 212 g/mol. The first-order valence-corrected chi connectivity index (χ1v) is 6.53. The lowest BCUT2D eigenvalue weighted by atomic mass is 10.1. The predicted octanol–water partition coefficient (Wildman–Crippen LogP) is 2.49. The van der Waals surface area contributed by atoms with Crippen LogP contribution in [0.3, 0.4) is 0 Å². The highest BCUT2D eigenvalue weighted by Crippen LogP contribution is 2.18. The lowest BCUT2D eigenvalue weighted by Gasteiger charge is -2.25. The first-order chi connectivity index (χ1) is 7.09. The van der Waals surface area contributed by atoms with Crippen molar-refractivity contribution >= 4 is 0 Å². The van der Waals surface area contributed by atoms with Gasteiger partial charge in [-0.1, -0.05) is 13.8 Å². The zero-order valence-electron chi connectivity index (χ0n) is 10.9. The summed E-state index contributed by atoms with van der Waals surface area (Å²) in [5.41, 5.74) is 0. The molecule has 1 unspecified atom stereocenters. The van der Waals surface area contributed by atoms with Crippen molar-refractivity contribution in [1.29, 1.82) is 0 Å². The predicted molar refractivity (Wildman–Crippen MR) is 67.2 cm³/mol. The number of nitrogens with zero attached hydrogens (tertiary/aromatic N) is 1. The quantitative estimate of drug-likeness (QED) is 0.665. The van der Waals surface area contributed by atoms with Gasteiger partial charge in [0.05, 0.1) is 0 Å². The van der Waals surface area contributed by atoms with Crippen molar-refractivity contribution in [2.24, 2.45) is 5.92 Å². The normalized spacial score (nSPS) is 18.8. The minimum absolute atomic E-state index is 0.718. The van der Waals surface area contributed by atoms with Gasteiger partial charge in [-0.2, -0.15) is 0 Å². The monoisotopic (exact) mass is 212 g/mol. The Morgan fingerprint density at radius 3 is 2.40 bits per heavy atom. The van der Waals surface area contributed by atoms with Crippen LogP contribution in [-0.4, -0.2) is 37.1 Å². The van der Waals surface area contributed by atoms with E-state index in [4.69, 9.17) is 0 Å². The van der Waals surface area contributed by atoms with Gasteiger partial charge in [-0.3, -0.25) is 0 Å². The van der Waals surface area contributed by atoms with E-state index in [0.29, 0.717) is 0 Å². The van der Waals surface area contributed by atoms with Crippen molar-refractivity contribution in [1.82, 2.24) is 10.2 Å². The van der Waals surface area contributed by atoms with E-state index < -0.39 is 0 Å². The summed E-state index contributed by atoms with van der Waals surface area (Å²) < 4.78 is 0. The minimum atomic E-state index is 0.718. The fourth-order valence-corrected chi connectivity index (χ4v) is 1.69. The maximum absolute atomic E-state index is 3.58. The molecule has 1 saturated carbocycles. The van der Waals surface area contributed by atoms with Crippen LogP contribution in [0.25, 0.3) is 0 Å². The van der Waals surface area contributed by atoms with Crippen LogP contribution in [0, 0.1) is 5.92 Å². The summed E-state index contributed by atoms with van der Waals surface area (Å²) in [6.07, 6.45) is 5.40. The third-order valence-corrected chi connectivity index (χ3v) is 3.38. The highest BCUT2D eigenvalue weighted by molar-refractivity contribution is 4.81. The Morgan fingerprint density at radius 2 is 1.87 bits per heavy atom. The average Bonchev–Trinajstić information content (AvgIpc) is 2.97. The molecule has 2 heteroatoms. The second-order valence-electron chi connectivity index (χ2n) is 5.53. The van der Waals surface area contributed by atoms with Crippen molar-refractivity contribution < 1.29 is 0 Å². The summed E-state index contributed by atoms with van der Waals surface area (Å²) in [5, 5.41) is 3.58. The van der Waals surface area contributed by atoms with Crippen LogP contribution in [0.4, 0.5) is 0 Å². The van der Waals surface area contributed by atoms with E-state index in [9.17, 15) is 0 Å². The molecule has 1 atom stereocenters. The van der Waals surface area contributed by atoms with Crippen LogP contribution in [-0.2, 0) is 0 Å². The number of hydrogen-bond acceptors (Lipinski definition) is 2. The Balaban J connectivity index is 2.00. The summed E-state index contributed by atoms with van der Waals surface area (Å²) in [6.45, 7) is 9.37. The van der Waals surface area contributed by atoms with Crippen molar-refractivity contribution in [3.05, 3.63) is 0 Å². The van der Waals surface area contributed by atoms with Crippen molar-refractivity contribution in [3.8, 4) is 0 Å². The third kappa shape index (κ3) is 6.16. The standard InChI is InChI=1S/C13H28N2/c1-11(2)8-10-15(4)12(3)7-9-14-13-5-6-13/h11-14H,5-10H2,1-4H3. The van der Waals surface area contributed by atoms with Gasteiger partial charge in [0, 0.05) is 12.1 Å². The molecule has 0 bridgehead atoms. The molecule has 2 nitrogen and oxygen atoms in total. The summed E-state index contributed by atoms with van der Waals surface area (Å²) >= 11 is 0. The van der Waals surface area contributed by atoms with E-state index in [1.807, 2.05) is 0 Å². The van der Waals surface area contributed by atoms with E-state index in [1.165, 1.54) is 38.8 Å². The molecule has 0 aliphatic heterocycles. The Kier molecular flexibility index (Phi) is 5.62. The van der Waals surface area contributed by atoms with Gasteiger partial charge < -0.3 is 10.2 Å². The molecule has 0 aromatic heterocycles. The van der Waals surface area contributed by atoms with Gasteiger partial charge in [0.25, 0.3) is 0 Å². The Hall–Kier alpha value is -0.0800.